The average molecular weight is 415 g/mol. The molecule has 4 nitrogen and oxygen atoms in total. The van der Waals surface area contributed by atoms with E-state index < -0.39 is 0 Å². The van der Waals surface area contributed by atoms with E-state index in [2.05, 4.69) is 49.5 Å². The summed E-state index contributed by atoms with van der Waals surface area (Å²) in [5, 5.41) is 3.03. The Morgan fingerprint density at radius 2 is 1.61 bits per heavy atom. The molecule has 4 heteroatoms. The summed E-state index contributed by atoms with van der Waals surface area (Å²) in [7, 11) is 1.63. The topological polar surface area (TPSA) is 41.6 Å². The molecule has 0 aliphatic heterocycles. The van der Waals surface area contributed by atoms with Crippen molar-refractivity contribution in [3.8, 4) is 5.75 Å². The van der Waals surface area contributed by atoms with Gasteiger partial charge in [-0.25, -0.2) is 4.79 Å². The second kappa shape index (κ2) is 10.5. The van der Waals surface area contributed by atoms with Crippen molar-refractivity contribution >= 4 is 23.5 Å². The maximum atomic E-state index is 13.2. The zero-order chi connectivity index (χ0) is 22.2. The maximum Gasteiger partial charge on any atom is 0.326 e. The molecule has 0 heterocycles. The van der Waals surface area contributed by atoms with Crippen molar-refractivity contribution in [2.75, 3.05) is 23.9 Å². The first-order valence-electron chi connectivity index (χ1n) is 10.5. The number of amides is 2. The molecule has 0 fully saturated rings. The highest BCUT2D eigenvalue weighted by atomic mass is 16.5. The first-order valence-corrected chi connectivity index (χ1v) is 10.5. The molecule has 0 saturated heterocycles. The van der Waals surface area contributed by atoms with Gasteiger partial charge in [0, 0.05) is 17.9 Å². The van der Waals surface area contributed by atoms with Crippen molar-refractivity contribution in [2.45, 2.75) is 26.7 Å². The van der Waals surface area contributed by atoms with E-state index in [-0.39, 0.29) is 6.03 Å². The van der Waals surface area contributed by atoms with Gasteiger partial charge in [-0.1, -0.05) is 68.0 Å². The Morgan fingerprint density at radius 3 is 2.19 bits per heavy atom. The van der Waals surface area contributed by atoms with Gasteiger partial charge in [-0.2, -0.15) is 0 Å². The third-order valence-corrected chi connectivity index (χ3v) is 5.08. The molecule has 3 aromatic rings. The zero-order valence-electron chi connectivity index (χ0n) is 18.6. The van der Waals surface area contributed by atoms with Gasteiger partial charge in [0.15, 0.2) is 0 Å². The molecule has 0 radical (unpaired) electrons. The molecule has 1 N–H and O–H groups in total. The van der Waals surface area contributed by atoms with E-state index in [9.17, 15) is 4.79 Å². The highest BCUT2D eigenvalue weighted by Gasteiger charge is 2.17. The molecule has 0 aromatic heterocycles. The molecule has 0 spiro atoms. The second-order valence-electron chi connectivity index (χ2n) is 7.89. The minimum atomic E-state index is -0.178. The predicted octanol–water partition coefficient (Wildman–Crippen LogP) is 6.96. The summed E-state index contributed by atoms with van der Waals surface area (Å²) < 4.78 is 5.27. The number of ether oxygens (including phenoxy) is 1. The number of hydrogen-bond donors (Lipinski definition) is 1. The number of nitrogens with one attached hydrogen (secondary N) is 1. The Kier molecular flexibility index (Phi) is 7.50. The molecule has 0 saturated carbocycles. The minimum absolute atomic E-state index is 0.178. The standard InChI is InChI=1S/C27H30N2O2/c1-20(2)23-10-12-24(13-11-23)28-27(30)29(25-14-16-26(31-4)17-15-25)19-21(3)18-22-8-6-5-7-9-22/h5-18,20H,19H2,1-4H3,(H,28,30). The first kappa shape index (κ1) is 22.2. The fraction of sp³-hybridized carbons (Fsp3) is 0.222. The molecule has 0 bridgehead atoms. The maximum absolute atomic E-state index is 13.2. The first-order chi connectivity index (χ1) is 15.0. The van der Waals surface area contributed by atoms with E-state index in [4.69, 9.17) is 4.74 Å². The molecule has 31 heavy (non-hydrogen) atoms. The lowest BCUT2D eigenvalue weighted by Crippen LogP contribution is -2.36. The van der Waals surface area contributed by atoms with Gasteiger partial charge in [0.25, 0.3) is 0 Å². The van der Waals surface area contributed by atoms with E-state index in [1.807, 2.05) is 61.5 Å². The fourth-order valence-electron chi connectivity index (χ4n) is 3.31. The molecule has 0 atom stereocenters. The van der Waals surface area contributed by atoms with Crippen LogP contribution in [0.5, 0.6) is 5.75 Å². The van der Waals surface area contributed by atoms with Crippen LogP contribution in [0.15, 0.2) is 84.4 Å². The normalized spacial score (nSPS) is 11.3. The number of carbonyl (C=O) groups excluding carboxylic acids is 1. The number of carbonyl (C=O) groups is 1. The summed E-state index contributed by atoms with van der Waals surface area (Å²) >= 11 is 0. The van der Waals surface area contributed by atoms with Crippen molar-refractivity contribution in [1.29, 1.82) is 0 Å². The number of benzene rings is 3. The molecule has 0 aliphatic rings. The van der Waals surface area contributed by atoms with Gasteiger partial charge in [-0.3, -0.25) is 4.90 Å². The second-order valence-corrected chi connectivity index (χ2v) is 7.89. The third-order valence-electron chi connectivity index (χ3n) is 5.08. The Labute approximate surface area is 185 Å². The largest absolute Gasteiger partial charge is 0.497 e. The summed E-state index contributed by atoms with van der Waals surface area (Å²) in [5.74, 6) is 1.20. The Balaban J connectivity index is 1.83. The number of methoxy groups -OCH3 is 1. The Hall–Kier alpha value is -3.53. The summed E-state index contributed by atoms with van der Waals surface area (Å²) in [6, 6.07) is 25.5. The summed E-state index contributed by atoms with van der Waals surface area (Å²) in [6.07, 6.45) is 2.10. The Bertz CT molecular complexity index is 1010. The number of hydrogen-bond acceptors (Lipinski definition) is 2. The molecule has 160 valence electrons. The average Bonchev–Trinajstić information content (AvgIpc) is 2.78. The monoisotopic (exact) mass is 414 g/mol. The predicted molar refractivity (Wildman–Crippen MR) is 130 cm³/mol. The van der Waals surface area contributed by atoms with E-state index in [1.54, 1.807) is 12.0 Å². The van der Waals surface area contributed by atoms with Gasteiger partial charge in [-0.15, -0.1) is 0 Å². The van der Waals surface area contributed by atoms with E-state index in [1.165, 1.54) is 5.56 Å². The van der Waals surface area contributed by atoms with E-state index >= 15 is 0 Å². The smallest absolute Gasteiger partial charge is 0.326 e. The van der Waals surface area contributed by atoms with Gasteiger partial charge in [0.1, 0.15) is 5.75 Å². The van der Waals surface area contributed by atoms with Gasteiger partial charge >= 0.3 is 6.03 Å². The third kappa shape index (κ3) is 6.22. The number of urea groups is 1. The quantitative estimate of drug-likeness (QED) is 0.454. The molecular formula is C27H30N2O2. The fourth-order valence-corrected chi connectivity index (χ4v) is 3.31. The van der Waals surface area contributed by atoms with Crippen LogP contribution in [0.1, 0.15) is 37.8 Å². The SMILES string of the molecule is COc1ccc(N(CC(C)=Cc2ccccc2)C(=O)Nc2ccc(C(C)C)cc2)cc1. The van der Waals surface area contributed by atoms with Gasteiger partial charge < -0.3 is 10.1 Å². The molecular weight excluding hydrogens is 384 g/mol. The lowest BCUT2D eigenvalue weighted by atomic mass is 10.0. The molecule has 0 aliphatic carbocycles. The van der Waals surface area contributed by atoms with Crippen LogP contribution in [0.4, 0.5) is 16.2 Å². The van der Waals surface area contributed by atoms with Crippen LogP contribution in [-0.4, -0.2) is 19.7 Å². The van der Waals surface area contributed by atoms with Crippen LogP contribution in [0.2, 0.25) is 0 Å². The molecule has 0 unspecified atom stereocenters. The van der Waals surface area contributed by atoms with Crippen LogP contribution in [0.3, 0.4) is 0 Å². The van der Waals surface area contributed by atoms with Crippen LogP contribution in [0.25, 0.3) is 6.08 Å². The van der Waals surface area contributed by atoms with E-state index in [0.717, 1.165) is 28.3 Å². The lowest BCUT2D eigenvalue weighted by molar-refractivity contribution is 0.257. The molecule has 3 aromatic carbocycles. The minimum Gasteiger partial charge on any atom is -0.497 e. The van der Waals surface area contributed by atoms with Crippen molar-refractivity contribution < 1.29 is 9.53 Å². The van der Waals surface area contributed by atoms with Crippen molar-refractivity contribution in [3.63, 3.8) is 0 Å². The summed E-state index contributed by atoms with van der Waals surface area (Å²) in [5.41, 5.74) is 5.01. The summed E-state index contributed by atoms with van der Waals surface area (Å²) in [6.45, 7) is 6.81. The van der Waals surface area contributed by atoms with Gasteiger partial charge in [0.05, 0.1) is 7.11 Å². The van der Waals surface area contributed by atoms with Crippen LogP contribution < -0.4 is 15.0 Å². The number of nitrogens with zero attached hydrogens (tertiary/aromatic N) is 1. The Morgan fingerprint density at radius 1 is 0.968 bits per heavy atom. The van der Waals surface area contributed by atoms with Gasteiger partial charge in [0.2, 0.25) is 0 Å². The van der Waals surface area contributed by atoms with Crippen molar-refractivity contribution in [2.24, 2.45) is 0 Å². The highest BCUT2D eigenvalue weighted by Crippen LogP contribution is 2.23. The number of rotatable bonds is 7. The van der Waals surface area contributed by atoms with Crippen LogP contribution in [0, 0.1) is 0 Å². The van der Waals surface area contributed by atoms with Crippen molar-refractivity contribution in [3.05, 3.63) is 95.6 Å². The zero-order valence-corrected chi connectivity index (χ0v) is 18.6. The lowest BCUT2D eigenvalue weighted by Gasteiger charge is -2.24. The van der Waals surface area contributed by atoms with Crippen LogP contribution in [-0.2, 0) is 0 Å². The van der Waals surface area contributed by atoms with E-state index in [0.29, 0.717) is 12.5 Å². The van der Waals surface area contributed by atoms with Crippen molar-refractivity contribution in [1.82, 2.24) is 0 Å². The van der Waals surface area contributed by atoms with Crippen LogP contribution >= 0.6 is 0 Å². The highest BCUT2D eigenvalue weighted by molar-refractivity contribution is 6.02. The van der Waals surface area contributed by atoms with Gasteiger partial charge in [-0.05, 0) is 60.4 Å². The number of anilines is 2. The molecule has 3 rings (SSSR count). The molecule has 2 amide bonds. The summed E-state index contributed by atoms with van der Waals surface area (Å²) in [4.78, 5) is 15.0.